The van der Waals surface area contributed by atoms with E-state index in [9.17, 15) is 14.7 Å². The minimum Gasteiger partial charge on any atom is -0.388 e. The number of aromatic nitrogens is 1. The molecule has 0 atom stereocenters. The van der Waals surface area contributed by atoms with E-state index >= 15 is 0 Å². The zero-order valence-corrected chi connectivity index (χ0v) is 21.1. The maximum atomic E-state index is 12.7. The van der Waals surface area contributed by atoms with Crippen LogP contribution in [-0.2, 0) is 16.1 Å². The van der Waals surface area contributed by atoms with Crippen LogP contribution in [0.5, 0.6) is 0 Å². The van der Waals surface area contributed by atoms with E-state index in [4.69, 9.17) is 15.2 Å². The molecule has 190 valence electrons. The van der Waals surface area contributed by atoms with E-state index in [0.717, 1.165) is 10.4 Å². The predicted octanol–water partition coefficient (Wildman–Crippen LogP) is 3.41. The maximum Gasteiger partial charge on any atom is 0.254 e. The Morgan fingerprint density at radius 3 is 2.58 bits per heavy atom. The summed E-state index contributed by atoms with van der Waals surface area (Å²) in [6.07, 6.45) is 0. The molecule has 1 aliphatic rings. The first-order valence-corrected chi connectivity index (χ1v) is 12.5. The van der Waals surface area contributed by atoms with Crippen LogP contribution in [0.3, 0.4) is 0 Å². The number of hydrogen-bond acceptors (Lipinski definition) is 8. The molecule has 36 heavy (non-hydrogen) atoms. The van der Waals surface area contributed by atoms with Gasteiger partial charge in [0.15, 0.2) is 0 Å². The molecule has 10 heteroatoms. The molecular weight excluding hydrogens is 480 g/mol. The van der Waals surface area contributed by atoms with Crippen molar-refractivity contribution in [3.63, 3.8) is 0 Å². The topological polar surface area (TPSA) is 127 Å². The fourth-order valence-corrected chi connectivity index (χ4v) is 4.76. The molecule has 1 aliphatic heterocycles. The van der Waals surface area contributed by atoms with Crippen molar-refractivity contribution in [2.75, 3.05) is 38.2 Å². The maximum absolute atomic E-state index is 12.7. The van der Waals surface area contributed by atoms with Crippen LogP contribution in [0, 0.1) is 0 Å². The highest BCUT2D eigenvalue weighted by Crippen LogP contribution is 2.37. The van der Waals surface area contributed by atoms with Crippen molar-refractivity contribution in [1.82, 2.24) is 9.88 Å². The van der Waals surface area contributed by atoms with E-state index < -0.39 is 11.5 Å². The zero-order chi connectivity index (χ0) is 25.7. The van der Waals surface area contributed by atoms with Crippen molar-refractivity contribution in [2.24, 2.45) is 5.73 Å². The van der Waals surface area contributed by atoms with Gasteiger partial charge in [-0.1, -0.05) is 18.2 Å². The van der Waals surface area contributed by atoms with Crippen LogP contribution >= 0.6 is 11.3 Å². The number of anilines is 2. The van der Waals surface area contributed by atoms with Crippen LogP contribution in [0.25, 0.3) is 10.4 Å². The molecule has 2 amide bonds. The molecule has 3 aromatic rings. The Morgan fingerprint density at radius 1 is 1.19 bits per heavy atom. The molecule has 0 aliphatic carbocycles. The molecule has 2 aromatic heterocycles. The fourth-order valence-electron chi connectivity index (χ4n) is 3.69. The third-order valence-corrected chi connectivity index (χ3v) is 6.57. The van der Waals surface area contributed by atoms with Gasteiger partial charge in [0.1, 0.15) is 10.8 Å². The SMILES string of the molecule is CC(C)(O)COCc1cccc(Nc2sc(-c3ccc(C(=O)N4CCOCC4)cc3)cc2C(N)=O)n1. The van der Waals surface area contributed by atoms with Crippen molar-refractivity contribution < 1.29 is 24.2 Å². The Kier molecular flexibility index (Phi) is 8.00. The van der Waals surface area contributed by atoms with Crippen molar-refractivity contribution in [2.45, 2.75) is 26.1 Å². The summed E-state index contributed by atoms with van der Waals surface area (Å²) in [5.41, 5.74) is 7.24. The summed E-state index contributed by atoms with van der Waals surface area (Å²) in [7, 11) is 0. The lowest BCUT2D eigenvalue weighted by molar-refractivity contribution is -0.0276. The van der Waals surface area contributed by atoms with E-state index in [1.54, 1.807) is 43.0 Å². The van der Waals surface area contributed by atoms with Crippen LogP contribution in [0.4, 0.5) is 10.8 Å². The molecule has 9 nitrogen and oxygen atoms in total. The summed E-state index contributed by atoms with van der Waals surface area (Å²) < 4.78 is 10.9. The van der Waals surface area contributed by atoms with Gasteiger partial charge < -0.3 is 30.5 Å². The van der Waals surface area contributed by atoms with Gasteiger partial charge in [0.05, 0.1) is 43.3 Å². The normalized spacial score (nSPS) is 14.0. The van der Waals surface area contributed by atoms with Crippen molar-refractivity contribution in [3.05, 3.63) is 65.4 Å². The van der Waals surface area contributed by atoms with Gasteiger partial charge in [-0.15, -0.1) is 11.3 Å². The number of morpholine rings is 1. The van der Waals surface area contributed by atoms with Gasteiger partial charge in [0.25, 0.3) is 11.8 Å². The van der Waals surface area contributed by atoms with E-state index in [1.807, 2.05) is 24.3 Å². The van der Waals surface area contributed by atoms with Gasteiger partial charge in [-0.25, -0.2) is 4.98 Å². The second kappa shape index (κ2) is 11.2. The first kappa shape index (κ1) is 25.8. The quantitative estimate of drug-likeness (QED) is 0.403. The third kappa shape index (κ3) is 6.67. The molecule has 1 aromatic carbocycles. The molecule has 0 saturated carbocycles. The predicted molar refractivity (Wildman–Crippen MR) is 138 cm³/mol. The number of hydrogen-bond donors (Lipinski definition) is 3. The zero-order valence-electron chi connectivity index (χ0n) is 20.3. The molecule has 0 bridgehead atoms. The summed E-state index contributed by atoms with van der Waals surface area (Å²) in [4.78, 5) is 32.0. The molecular formula is C26H30N4O5S. The number of thiophene rings is 1. The molecule has 0 unspecified atom stereocenters. The second-order valence-corrected chi connectivity index (χ2v) is 10.2. The van der Waals surface area contributed by atoms with E-state index in [2.05, 4.69) is 10.3 Å². The number of nitrogens with zero attached hydrogens (tertiary/aromatic N) is 2. The Balaban J connectivity index is 1.49. The molecule has 1 fully saturated rings. The highest BCUT2D eigenvalue weighted by atomic mass is 32.1. The Hall–Kier alpha value is -3.31. The lowest BCUT2D eigenvalue weighted by Gasteiger charge is -2.26. The minimum absolute atomic E-state index is 0.0197. The first-order valence-electron chi connectivity index (χ1n) is 11.6. The standard InChI is InChI=1S/C26H30N4O5S/c1-26(2,33)16-35-15-19-4-3-5-22(28-19)29-24-20(23(27)31)14-21(36-24)17-6-8-18(9-7-17)25(32)30-10-12-34-13-11-30/h3-9,14,33H,10-13,15-16H2,1-2H3,(H2,27,31)(H,28,29). The average molecular weight is 511 g/mol. The number of nitrogens with one attached hydrogen (secondary N) is 1. The highest BCUT2D eigenvalue weighted by molar-refractivity contribution is 7.19. The van der Waals surface area contributed by atoms with Crippen LogP contribution in [0.15, 0.2) is 48.5 Å². The number of ether oxygens (including phenoxy) is 2. The summed E-state index contributed by atoms with van der Waals surface area (Å²) in [5.74, 6) is -0.0285. The lowest BCUT2D eigenvalue weighted by Crippen LogP contribution is -2.40. The summed E-state index contributed by atoms with van der Waals surface area (Å²) in [6, 6.07) is 14.5. The Bertz CT molecular complexity index is 1210. The summed E-state index contributed by atoms with van der Waals surface area (Å²) >= 11 is 1.38. The molecule has 3 heterocycles. The van der Waals surface area contributed by atoms with E-state index in [-0.39, 0.29) is 19.1 Å². The molecule has 4 rings (SSSR count). The lowest BCUT2D eigenvalue weighted by atomic mass is 10.1. The minimum atomic E-state index is -0.923. The smallest absolute Gasteiger partial charge is 0.254 e. The van der Waals surface area contributed by atoms with Crippen molar-refractivity contribution in [1.29, 1.82) is 0 Å². The number of primary amides is 1. The van der Waals surface area contributed by atoms with Gasteiger partial charge in [-0.3, -0.25) is 9.59 Å². The number of rotatable bonds is 9. The Labute approximate surface area is 213 Å². The number of nitrogens with two attached hydrogens (primary N) is 1. The van der Waals surface area contributed by atoms with Crippen molar-refractivity contribution in [3.8, 4) is 10.4 Å². The average Bonchev–Trinajstić information content (AvgIpc) is 3.28. The monoisotopic (exact) mass is 510 g/mol. The second-order valence-electron chi connectivity index (χ2n) is 9.14. The molecule has 0 radical (unpaired) electrons. The van der Waals surface area contributed by atoms with Crippen LogP contribution in [-0.4, -0.2) is 65.3 Å². The number of aliphatic hydroxyl groups is 1. The summed E-state index contributed by atoms with van der Waals surface area (Å²) in [5, 5.41) is 13.6. The number of carbonyl (C=O) groups excluding carboxylic acids is 2. The number of pyridine rings is 1. The highest BCUT2D eigenvalue weighted by Gasteiger charge is 2.20. The van der Waals surface area contributed by atoms with Gasteiger partial charge in [0, 0.05) is 23.5 Å². The molecule has 0 spiro atoms. The number of carbonyl (C=O) groups is 2. The van der Waals surface area contributed by atoms with E-state index in [0.29, 0.717) is 53.9 Å². The van der Waals surface area contributed by atoms with Gasteiger partial charge >= 0.3 is 0 Å². The van der Waals surface area contributed by atoms with Crippen molar-refractivity contribution >= 4 is 34.0 Å². The van der Waals surface area contributed by atoms with Crippen LogP contribution in [0.2, 0.25) is 0 Å². The van der Waals surface area contributed by atoms with Crippen LogP contribution < -0.4 is 11.1 Å². The Morgan fingerprint density at radius 2 is 1.92 bits per heavy atom. The molecule has 1 saturated heterocycles. The third-order valence-electron chi connectivity index (χ3n) is 5.47. The van der Waals surface area contributed by atoms with Gasteiger partial charge in [-0.05, 0) is 49.7 Å². The largest absolute Gasteiger partial charge is 0.388 e. The van der Waals surface area contributed by atoms with E-state index in [1.165, 1.54) is 11.3 Å². The van der Waals surface area contributed by atoms with Gasteiger partial charge in [-0.2, -0.15) is 0 Å². The van der Waals surface area contributed by atoms with Crippen LogP contribution in [0.1, 0.15) is 40.3 Å². The molecule has 4 N–H and O–H groups in total. The number of benzene rings is 1. The fraction of sp³-hybridized carbons (Fsp3) is 0.346. The summed E-state index contributed by atoms with van der Waals surface area (Å²) in [6.45, 7) is 6.05. The van der Waals surface area contributed by atoms with Gasteiger partial charge in [0.2, 0.25) is 0 Å². The first-order chi connectivity index (χ1) is 17.2. The number of amides is 2.